The van der Waals surface area contributed by atoms with Crippen LogP contribution in [0.15, 0.2) is 158 Å². The van der Waals surface area contributed by atoms with Crippen molar-refractivity contribution in [3.05, 3.63) is 158 Å². The number of rotatable bonds is 60. The molecule has 0 heterocycles. The molecule has 1 unspecified atom stereocenters. The number of carbonyl (C=O) groups is 3. The number of carbonyl (C=O) groups excluding carboxylic acids is 3. The van der Waals surface area contributed by atoms with E-state index in [0.717, 1.165) is 161 Å². The van der Waals surface area contributed by atoms with Gasteiger partial charge in [0.25, 0.3) is 0 Å². The first kappa shape index (κ1) is 78.0. The minimum Gasteiger partial charge on any atom is -0.462 e. The van der Waals surface area contributed by atoms with Crippen molar-refractivity contribution in [1.29, 1.82) is 0 Å². The van der Waals surface area contributed by atoms with Crippen molar-refractivity contribution >= 4 is 17.9 Å². The molecule has 6 nitrogen and oxygen atoms in total. The van der Waals surface area contributed by atoms with Crippen molar-refractivity contribution in [2.24, 2.45) is 0 Å². The van der Waals surface area contributed by atoms with Crippen molar-refractivity contribution in [3.8, 4) is 0 Å². The molecule has 0 aliphatic rings. The lowest BCUT2D eigenvalue weighted by molar-refractivity contribution is -0.167. The number of hydrogen-bond donors (Lipinski definition) is 0. The second-order valence-corrected chi connectivity index (χ2v) is 22.0. The van der Waals surface area contributed by atoms with Crippen LogP contribution < -0.4 is 0 Å². The molecule has 0 aromatic rings. The first-order valence-electron chi connectivity index (χ1n) is 34.0. The Morgan fingerprint density at radius 1 is 0.253 bits per heavy atom. The van der Waals surface area contributed by atoms with Crippen LogP contribution in [0.5, 0.6) is 0 Å². The normalized spacial score (nSPS) is 13.1. The number of allylic oxidation sites excluding steroid dienone is 26. The molecule has 0 spiro atoms. The molecule has 0 saturated carbocycles. The molecule has 0 aromatic heterocycles. The topological polar surface area (TPSA) is 78.9 Å². The van der Waals surface area contributed by atoms with Gasteiger partial charge in [-0.2, -0.15) is 0 Å². The third kappa shape index (κ3) is 67.7. The Morgan fingerprint density at radius 3 is 0.735 bits per heavy atom. The van der Waals surface area contributed by atoms with Gasteiger partial charge in [-0.15, -0.1) is 0 Å². The van der Waals surface area contributed by atoms with E-state index < -0.39 is 6.10 Å². The van der Waals surface area contributed by atoms with Crippen LogP contribution in [0.4, 0.5) is 0 Å². The van der Waals surface area contributed by atoms with Gasteiger partial charge in [0.2, 0.25) is 0 Å². The Morgan fingerprint density at radius 2 is 0.470 bits per heavy atom. The first-order chi connectivity index (χ1) is 41.0. The lowest BCUT2D eigenvalue weighted by atomic mass is 10.1. The highest BCUT2D eigenvalue weighted by Gasteiger charge is 2.19. The Kier molecular flexibility index (Phi) is 65.4. The molecular formula is C77H124O6. The Bertz CT molecular complexity index is 1840. The molecule has 0 aliphatic heterocycles. The van der Waals surface area contributed by atoms with E-state index in [2.05, 4.69) is 179 Å². The van der Waals surface area contributed by atoms with Crippen LogP contribution in [-0.2, 0) is 28.6 Å². The van der Waals surface area contributed by atoms with E-state index in [1.54, 1.807) is 0 Å². The highest BCUT2D eigenvalue weighted by Crippen LogP contribution is 2.15. The highest BCUT2D eigenvalue weighted by molar-refractivity contribution is 5.71. The minimum absolute atomic E-state index is 0.0978. The van der Waals surface area contributed by atoms with Crippen LogP contribution in [0.3, 0.4) is 0 Å². The fraction of sp³-hybridized carbons (Fsp3) is 0.623. The van der Waals surface area contributed by atoms with Gasteiger partial charge in [0, 0.05) is 19.3 Å². The van der Waals surface area contributed by atoms with Crippen LogP contribution in [0.2, 0.25) is 0 Å². The smallest absolute Gasteiger partial charge is 0.306 e. The third-order valence-corrected chi connectivity index (χ3v) is 14.0. The van der Waals surface area contributed by atoms with Gasteiger partial charge in [-0.3, -0.25) is 14.4 Å². The molecule has 0 aromatic carbocycles. The average Bonchev–Trinajstić information content (AvgIpc) is 3.49. The fourth-order valence-electron chi connectivity index (χ4n) is 8.97. The maximum absolute atomic E-state index is 12.9. The molecule has 0 fully saturated rings. The van der Waals surface area contributed by atoms with Gasteiger partial charge in [0.15, 0.2) is 6.10 Å². The largest absolute Gasteiger partial charge is 0.462 e. The second kappa shape index (κ2) is 69.5. The summed E-state index contributed by atoms with van der Waals surface area (Å²) in [6, 6.07) is 0. The second-order valence-electron chi connectivity index (χ2n) is 22.0. The van der Waals surface area contributed by atoms with Crippen molar-refractivity contribution < 1.29 is 28.6 Å². The van der Waals surface area contributed by atoms with E-state index in [-0.39, 0.29) is 31.1 Å². The molecule has 0 radical (unpaired) electrons. The molecule has 83 heavy (non-hydrogen) atoms. The molecule has 0 bridgehead atoms. The summed E-state index contributed by atoms with van der Waals surface area (Å²) in [6.07, 6.45) is 101. The molecule has 6 heteroatoms. The van der Waals surface area contributed by atoms with Crippen LogP contribution in [0.1, 0.15) is 290 Å². The van der Waals surface area contributed by atoms with E-state index >= 15 is 0 Å². The lowest BCUT2D eigenvalue weighted by Gasteiger charge is -2.18. The summed E-state index contributed by atoms with van der Waals surface area (Å²) in [6.45, 7) is 6.37. The summed E-state index contributed by atoms with van der Waals surface area (Å²) in [5, 5.41) is 0. The monoisotopic (exact) mass is 1140 g/mol. The minimum atomic E-state index is -0.804. The lowest BCUT2D eigenvalue weighted by Crippen LogP contribution is -2.30. The highest BCUT2D eigenvalue weighted by atomic mass is 16.6. The molecule has 1 atom stereocenters. The summed E-state index contributed by atoms with van der Waals surface area (Å²) >= 11 is 0. The number of ether oxygens (including phenoxy) is 3. The van der Waals surface area contributed by atoms with Crippen molar-refractivity contribution in [2.75, 3.05) is 13.2 Å². The van der Waals surface area contributed by atoms with Gasteiger partial charge in [0.1, 0.15) is 13.2 Å². The molecule has 0 rings (SSSR count). The molecule has 468 valence electrons. The molecule has 0 aliphatic carbocycles. The zero-order valence-corrected chi connectivity index (χ0v) is 53.7. The van der Waals surface area contributed by atoms with E-state index in [1.807, 2.05) is 0 Å². The number of unbranched alkanes of at least 4 members (excludes halogenated alkanes) is 23. The maximum atomic E-state index is 12.9. The van der Waals surface area contributed by atoms with E-state index in [1.165, 1.54) is 89.9 Å². The van der Waals surface area contributed by atoms with E-state index in [0.29, 0.717) is 19.3 Å². The van der Waals surface area contributed by atoms with Crippen LogP contribution in [0, 0.1) is 0 Å². The predicted molar refractivity (Wildman–Crippen MR) is 362 cm³/mol. The van der Waals surface area contributed by atoms with Gasteiger partial charge in [0.05, 0.1) is 0 Å². The first-order valence-corrected chi connectivity index (χ1v) is 34.0. The Labute approximate surface area is 511 Å². The summed E-state index contributed by atoms with van der Waals surface area (Å²) in [7, 11) is 0. The Hall–Kier alpha value is -4.97. The fourth-order valence-corrected chi connectivity index (χ4v) is 8.97. The number of hydrogen-bond acceptors (Lipinski definition) is 6. The van der Waals surface area contributed by atoms with Crippen molar-refractivity contribution in [3.63, 3.8) is 0 Å². The molecular weight excluding hydrogens is 1020 g/mol. The van der Waals surface area contributed by atoms with Gasteiger partial charge in [-0.1, -0.05) is 281 Å². The third-order valence-electron chi connectivity index (χ3n) is 14.0. The summed E-state index contributed by atoms with van der Waals surface area (Å²) in [4.78, 5) is 38.4. The molecule has 0 N–H and O–H groups in total. The summed E-state index contributed by atoms with van der Waals surface area (Å²) in [5.74, 6) is -0.929. The predicted octanol–water partition coefficient (Wildman–Crippen LogP) is 23.7. The SMILES string of the molecule is CC/C=C\C/C=C\C/C=C\C/C=C\C/C=C\C/C=C\C/C=C\CCCCCCCCCC(=O)OCC(COC(=O)CCCCCCCCC/C=C\C/C=C\C/C=C\CC)OC(=O)CCCCCCCC/C=C\C/C=C\C/C=C\CCCCC. The van der Waals surface area contributed by atoms with Crippen LogP contribution in [-0.4, -0.2) is 37.2 Å². The van der Waals surface area contributed by atoms with Crippen molar-refractivity contribution in [1.82, 2.24) is 0 Å². The van der Waals surface area contributed by atoms with Gasteiger partial charge >= 0.3 is 17.9 Å². The summed E-state index contributed by atoms with van der Waals surface area (Å²) < 4.78 is 16.9. The van der Waals surface area contributed by atoms with Crippen molar-refractivity contribution in [2.45, 2.75) is 297 Å². The zero-order chi connectivity index (χ0) is 59.9. The van der Waals surface area contributed by atoms with E-state index in [4.69, 9.17) is 14.2 Å². The molecule has 0 amide bonds. The average molecular weight is 1150 g/mol. The van der Waals surface area contributed by atoms with Gasteiger partial charge < -0.3 is 14.2 Å². The zero-order valence-electron chi connectivity index (χ0n) is 53.7. The van der Waals surface area contributed by atoms with Crippen LogP contribution in [0.25, 0.3) is 0 Å². The quantitative estimate of drug-likeness (QED) is 0.0261. The van der Waals surface area contributed by atoms with Gasteiger partial charge in [-0.05, 0) is 148 Å². The van der Waals surface area contributed by atoms with E-state index in [9.17, 15) is 14.4 Å². The number of esters is 3. The van der Waals surface area contributed by atoms with Gasteiger partial charge in [-0.25, -0.2) is 0 Å². The van der Waals surface area contributed by atoms with Crippen LogP contribution >= 0.6 is 0 Å². The molecule has 0 saturated heterocycles. The summed E-state index contributed by atoms with van der Waals surface area (Å²) in [5.41, 5.74) is 0. The Balaban J connectivity index is 4.43. The standard InChI is InChI=1S/C77H124O6/c1-4-7-10-13-16-19-22-25-28-31-33-34-35-36-37-38-39-40-41-42-44-46-49-52-55-58-61-64-67-70-76(79)82-73-74(72-81-75(78)69-66-63-60-57-54-51-48-45-30-27-24-21-18-15-12-9-6-3)83-77(80)71-68-65-62-59-56-53-50-47-43-32-29-26-23-20-17-14-11-8-5-2/h7,9-10,12,16-21,25-30,33-34,36-37,39-40,42-44,47,74H,4-6,8,11,13-15,22-24,31-32,35,38,41,45-46,48-73H2,1-3H3/b10-7-,12-9-,19-16-,20-17-,21-18-,28-25-,29-26-,30-27-,34-33-,37-36-,40-39-,44-42-,47-43-. The maximum Gasteiger partial charge on any atom is 0.306 e.